The molecule has 4 nitrogen and oxygen atoms in total. The Balaban J connectivity index is 2.36. The van der Waals surface area contributed by atoms with Crippen molar-refractivity contribution < 1.29 is 15.0 Å². The van der Waals surface area contributed by atoms with Gasteiger partial charge < -0.3 is 15.1 Å². The smallest absolute Gasteiger partial charge is 0.223 e. The molecule has 1 atom stereocenters. The molecular formula is C11H19NO3. The van der Waals surface area contributed by atoms with Gasteiger partial charge in [-0.25, -0.2) is 0 Å². The van der Waals surface area contributed by atoms with Gasteiger partial charge in [0.25, 0.3) is 0 Å². The lowest BCUT2D eigenvalue weighted by atomic mass is 10.0. The highest BCUT2D eigenvalue weighted by Crippen LogP contribution is 2.21. The van der Waals surface area contributed by atoms with Gasteiger partial charge >= 0.3 is 0 Å². The van der Waals surface area contributed by atoms with Gasteiger partial charge in [-0.1, -0.05) is 12.2 Å². The van der Waals surface area contributed by atoms with Gasteiger partial charge in [-0.3, -0.25) is 4.79 Å². The van der Waals surface area contributed by atoms with Gasteiger partial charge in [-0.15, -0.1) is 0 Å². The fourth-order valence-corrected chi connectivity index (χ4v) is 1.82. The first kappa shape index (κ1) is 12.2. The maximum Gasteiger partial charge on any atom is 0.223 e. The Morgan fingerprint density at radius 2 is 2.00 bits per heavy atom. The van der Waals surface area contributed by atoms with E-state index in [0.717, 1.165) is 12.8 Å². The Kier molecular flexibility index (Phi) is 5.36. The summed E-state index contributed by atoms with van der Waals surface area (Å²) in [4.78, 5) is 13.3. The van der Waals surface area contributed by atoms with Crippen LogP contribution in [0.4, 0.5) is 0 Å². The van der Waals surface area contributed by atoms with Crippen molar-refractivity contribution in [3.63, 3.8) is 0 Å². The molecule has 1 rings (SSSR count). The molecule has 0 fully saturated rings. The number of amides is 1. The maximum absolute atomic E-state index is 11.7. The first-order chi connectivity index (χ1) is 7.27. The van der Waals surface area contributed by atoms with Crippen molar-refractivity contribution in [1.29, 1.82) is 0 Å². The highest BCUT2D eigenvalue weighted by atomic mass is 16.3. The van der Waals surface area contributed by atoms with E-state index in [2.05, 4.69) is 12.2 Å². The van der Waals surface area contributed by atoms with Crippen molar-refractivity contribution >= 4 is 5.91 Å². The summed E-state index contributed by atoms with van der Waals surface area (Å²) in [5.74, 6) is 0.368. The number of aliphatic hydroxyl groups excluding tert-OH is 2. The molecule has 0 aromatic carbocycles. The minimum Gasteiger partial charge on any atom is -0.395 e. The molecule has 15 heavy (non-hydrogen) atoms. The molecule has 86 valence electrons. The van der Waals surface area contributed by atoms with Crippen molar-refractivity contribution in [2.24, 2.45) is 5.92 Å². The second-order valence-electron chi connectivity index (χ2n) is 3.80. The summed E-state index contributed by atoms with van der Waals surface area (Å²) < 4.78 is 0. The second-order valence-corrected chi connectivity index (χ2v) is 3.80. The highest BCUT2D eigenvalue weighted by molar-refractivity contribution is 5.76. The molecule has 1 amide bonds. The van der Waals surface area contributed by atoms with E-state index in [9.17, 15) is 4.79 Å². The minimum absolute atomic E-state index is 0.0228. The molecule has 0 heterocycles. The number of allylic oxidation sites excluding steroid dienone is 2. The number of nitrogens with zero attached hydrogens (tertiary/aromatic N) is 1. The van der Waals surface area contributed by atoms with Crippen LogP contribution in [0.3, 0.4) is 0 Å². The fourth-order valence-electron chi connectivity index (χ4n) is 1.82. The molecule has 1 unspecified atom stereocenters. The molecule has 4 heteroatoms. The maximum atomic E-state index is 11.7. The van der Waals surface area contributed by atoms with E-state index in [1.54, 1.807) is 0 Å². The van der Waals surface area contributed by atoms with Crippen LogP contribution >= 0.6 is 0 Å². The topological polar surface area (TPSA) is 60.8 Å². The van der Waals surface area contributed by atoms with Crippen molar-refractivity contribution in [3.8, 4) is 0 Å². The van der Waals surface area contributed by atoms with Gasteiger partial charge in [-0.05, 0) is 18.8 Å². The standard InChI is InChI=1S/C11H19NO3/c13-7-5-12(6-8-14)11(15)9-10-3-1-2-4-10/h1,3,10,13-14H,2,4-9H2. The average Bonchev–Trinajstić information content (AvgIpc) is 2.70. The summed E-state index contributed by atoms with van der Waals surface area (Å²) >= 11 is 0. The van der Waals surface area contributed by atoms with Gasteiger partial charge in [0, 0.05) is 19.5 Å². The number of rotatable bonds is 6. The van der Waals surface area contributed by atoms with Crippen molar-refractivity contribution in [2.75, 3.05) is 26.3 Å². The van der Waals surface area contributed by atoms with Crippen LogP contribution in [0.5, 0.6) is 0 Å². The van der Waals surface area contributed by atoms with Crippen LogP contribution in [0.2, 0.25) is 0 Å². The van der Waals surface area contributed by atoms with E-state index < -0.39 is 0 Å². The number of aliphatic hydroxyl groups is 2. The fraction of sp³-hybridized carbons (Fsp3) is 0.727. The highest BCUT2D eigenvalue weighted by Gasteiger charge is 2.18. The van der Waals surface area contributed by atoms with Gasteiger partial charge in [0.05, 0.1) is 13.2 Å². The Morgan fingerprint density at radius 3 is 2.47 bits per heavy atom. The molecule has 2 N–H and O–H groups in total. The van der Waals surface area contributed by atoms with Crippen LogP contribution in [-0.2, 0) is 4.79 Å². The molecule has 0 aliphatic heterocycles. The molecule has 1 aliphatic carbocycles. The largest absolute Gasteiger partial charge is 0.395 e. The van der Waals surface area contributed by atoms with Crippen molar-refractivity contribution in [3.05, 3.63) is 12.2 Å². The predicted molar refractivity (Wildman–Crippen MR) is 57.2 cm³/mol. The normalized spacial score (nSPS) is 19.5. The minimum atomic E-state index is -0.0494. The third kappa shape index (κ3) is 4.01. The lowest BCUT2D eigenvalue weighted by molar-refractivity contribution is -0.132. The third-order valence-electron chi connectivity index (χ3n) is 2.64. The molecule has 1 aliphatic rings. The molecule has 0 radical (unpaired) electrons. The second kappa shape index (κ2) is 6.58. The summed E-state index contributed by atoms with van der Waals surface area (Å²) in [5.41, 5.74) is 0. The zero-order valence-corrected chi connectivity index (χ0v) is 8.93. The van der Waals surface area contributed by atoms with E-state index in [4.69, 9.17) is 10.2 Å². The first-order valence-corrected chi connectivity index (χ1v) is 5.44. The van der Waals surface area contributed by atoms with Gasteiger partial charge in [0.1, 0.15) is 0 Å². The number of hydrogen-bond acceptors (Lipinski definition) is 3. The monoisotopic (exact) mass is 213 g/mol. The summed E-state index contributed by atoms with van der Waals surface area (Å²) in [6, 6.07) is 0. The van der Waals surface area contributed by atoms with E-state index >= 15 is 0 Å². The lowest BCUT2D eigenvalue weighted by Crippen LogP contribution is -2.36. The third-order valence-corrected chi connectivity index (χ3v) is 2.64. The van der Waals surface area contributed by atoms with Gasteiger partial charge in [0.2, 0.25) is 5.91 Å². The molecule has 0 spiro atoms. The molecule has 0 aromatic rings. The van der Waals surface area contributed by atoms with E-state index in [1.807, 2.05) is 0 Å². The quantitative estimate of drug-likeness (QED) is 0.618. The molecule has 0 saturated carbocycles. The van der Waals surface area contributed by atoms with Crippen LogP contribution in [0.15, 0.2) is 12.2 Å². The number of hydrogen-bond donors (Lipinski definition) is 2. The summed E-state index contributed by atoms with van der Waals surface area (Å²) in [7, 11) is 0. The lowest BCUT2D eigenvalue weighted by Gasteiger charge is -2.21. The molecule has 0 aromatic heterocycles. The van der Waals surface area contributed by atoms with E-state index in [1.165, 1.54) is 4.90 Å². The average molecular weight is 213 g/mol. The number of carbonyl (C=O) groups is 1. The van der Waals surface area contributed by atoms with Crippen molar-refractivity contribution in [1.82, 2.24) is 4.90 Å². The summed E-state index contributed by atoms with van der Waals surface area (Å²) in [6.45, 7) is 0.532. The molecule has 0 saturated heterocycles. The van der Waals surface area contributed by atoms with Gasteiger partial charge in [-0.2, -0.15) is 0 Å². The zero-order valence-electron chi connectivity index (χ0n) is 8.93. The van der Waals surface area contributed by atoms with Crippen LogP contribution in [-0.4, -0.2) is 47.3 Å². The van der Waals surface area contributed by atoms with Crippen LogP contribution in [0, 0.1) is 5.92 Å². The van der Waals surface area contributed by atoms with Crippen LogP contribution in [0.1, 0.15) is 19.3 Å². The zero-order chi connectivity index (χ0) is 11.1. The van der Waals surface area contributed by atoms with Gasteiger partial charge in [0.15, 0.2) is 0 Å². The Labute approximate surface area is 90.2 Å². The van der Waals surface area contributed by atoms with E-state index in [-0.39, 0.29) is 19.1 Å². The SMILES string of the molecule is O=C(CC1C=CCC1)N(CCO)CCO. The molecular weight excluding hydrogens is 194 g/mol. The Morgan fingerprint density at radius 1 is 1.33 bits per heavy atom. The predicted octanol–water partition coefficient (Wildman–Crippen LogP) is 0.156. The van der Waals surface area contributed by atoms with Crippen molar-refractivity contribution in [2.45, 2.75) is 19.3 Å². The molecule has 0 bridgehead atoms. The van der Waals surface area contributed by atoms with Crippen LogP contribution < -0.4 is 0 Å². The van der Waals surface area contributed by atoms with E-state index in [0.29, 0.717) is 25.4 Å². The Hall–Kier alpha value is -0.870. The number of carbonyl (C=O) groups excluding carboxylic acids is 1. The first-order valence-electron chi connectivity index (χ1n) is 5.44. The summed E-state index contributed by atoms with van der Waals surface area (Å²) in [5, 5.41) is 17.6. The summed E-state index contributed by atoms with van der Waals surface area (Å²) in [6.07, 6.45) is 6.76. The van der Waals surface area contributed by atoms with Crippen LogP contribution in [0.25, 0.3) is 0 Å². The Bertz CT molecular complexity index is 222.